The van der Waals surface area contributed by atoms with Crippen molar-refractivity contribution in [2.45, 2.75) is 7.59 Å². The molecule has 14 heavy (non-hydrogen) atoms. The summed E-state index contributed by atoms with van der Waals surface area (Å²) < 4.78 is -5.08. The second-order valence-corrected chi connectivity index (χ2v) is 6.55. The lowest BCUT2D eigenvalue weighted by Crippen LogP contribution is -2.39. The first-order valence-corrected chi connectivity index (χ1v) is 5.01. The molecule has 9 heteroatoms. The van der Waals surface area contributed by atoms with Crippen LogP contribution in [0.5, 0.6) is 0 Å². The fourth-order valence-corrected chi connectivity index (χ4v) is 0.876. The zero-order valence-electron chi connectivity index (χ0n) is 5.99. The van der Waals surface area contributed by atoms with Crippen LogP contribution in [-0.2, 0) is 14.4 Å². The molecule has 0 aliphatic heterocycles. The Kier molecular flexibility index (Phi) is 4.98. The monoisotopic (exact) mass is 318 g/mol. The molecule has 0 spiro atoms. The lowest BCUT2D eigenvalue weighted by atomic mass is 10.2. The van der Waals surface area contributed by atoms with Gasteiger partial charge in [-0.05, 0) is 0 Å². The second kappa shape index (κ2) is 4.73. The summed E-state index contributed by atoms with van der Waals surface area (Å²) in [5, 5.41) is 0. The van der Waals surface area contributed by atoms with E-state index < -0.39 is 24.9 Å². The summed E-state index contributed by atoms with van der Waals surface area (Å²) in [5.41, 5.74) is 0. The van der Waals surface area contributed by atoms with Crippen molar-refractivity contribution >= 4 is 87.0 Å². The Balaban J connectivity index is 4.85. The Morgan fingerprint density at radius 2 is 0.857 bits per heavy atom. The van der Waals surface area contributed by atoms with Gasteiger partial charge in [0.25, 0.3) is 24.9 Å². The number of Topliss-reactive ketones (excluding diaryl/α,β-unsaturated/α-hetero) is 3. The van der Waals surface area contributed by atoms with E-state index in [0.29, 0.717) is 0 Å². The maximum absolute atomic E-state index is 10.9. The summed E-state index contributed by atoms with van der Waals surface area (Å²) in [4.78, 5) is 32.8. The van der Waals surface area contributed by atoms with Crippen LogP contribution in [0, 0.1) is 0 Å². The number of hydrogen-bond donors (Lipinski definition) is 0. The first-order valence-electron chi connectivity index (χ1n) is 2.75. The van der Waals surface area contributed by atoms with Crippen molar-refractivity contribution in [1.82, 2.24) is 0 Å². The Labute approximate surface area is 109 Å². The highest BCUT2D eigenvalue weighted by Crippen LogP contribution is 2.31. The van der Waals surface area contributed by atoms with Gasteiger partial charge in [0, 0.05) is 0 Å². The number of carbonyl (C=O) groups is 3. The standard InChI is InChI=1S/C5Cl6O3/c6-4(7,8)2(13)1(12)3(14)5(9,10)11. The molecule has 0 N–H and O–H groups in total. The van der Waals surface area contributed by atoms with Gasteiger partial charge in [-0.15, -0.1) is 0 Å². The van der Waals surface area contributed by atoms with Gasteiger partial charge in [0.2, 0.25) is 0 Å². The summed E-state index contributed by atoms with van der Waals surface area (Å²) in [6.07, 6.45) is 0. The van der Waals surface area contributed by atoms with E-state index in [1.807, 2.05) is 0 Å². The minimum Gasteiger partial charge on any atom is -0.285 e. The Morgan fingerprint density at radius 3 is 1.00 bits per heavy atom. The minimum absolute atomic E-state index is 1.57. The third kappa shape index (κ3) is 4.09. The SMILES string of the molecule is O=C(C(=O)C(Cl)(Cl)Cl)C(=O)C(Cl)(Cl)Cl. The smallest absolute Gasteiger partial charge is 0.273 e. The van der Waals surface area contributed by atoms with Crippen molar-refractivity contribution < 1.29 is 14.4 Å². The predicted molar refractivity (Wildman–Crippen MR) is 55.6 cm³/mol. The normalized spacial score (nSPS) is 12.4. The zero-order chi connectivity index (χ0) is 11.7. The summed E-state index contributed by atoms with van der Waals surface area (Å²) >= 11 is 30.3. The first kappa shape index (κ1) is 14.8. The predicted octanol–water partition coefficient (Wildman–Crippen LogP) is 2.43. The lowest BCUT2D eigenvalue weighted by molar-refractivity contribution is -0.143. The highest BCUT2D eigenvalue weighted by Gasteiger charge is 2.45. The molecule has 0 aromatic rings. The number of halogens is 6. The van der Waals surface area contributed by atoms with Gasteiger partial charge in [-0.3, -0.25) is 14.4 Å². The molecule has 0 aliphatic rings. The van der Waals surface area contributed by atoms with Gasteiger partial charge in [0.1, 0.15) is 0 Å². The molecule has 0 aromatic carbocycles. The summed E-state index contributed by atoms with van der Waals surface area (Å²) in [7, 11) is 0. The molecule has 0 aromatic heterocycles. The van der Waals surface area contributed by atoms with Crippen LogP contribution < -0.4 is 0 Å². The summed E-state index contributed by atoms with van der Waals surface area (Å²) in [6.45, 7) is 0. The van der Waals surface area contributed by atoms with E-state index in [1.165, 1.54) is 0 Å². The number of alkyl halides is 6. The van der Waals surface area contributed by atoms with Crippen LogP contribution in [0.1, 0.15) is 0 Å². The highest BCUT2D eigenvalue weighted by molar-refractivity contribution is 6.92. The van der Waals surface area contributed by atoms with Crippen molar-refractivity contribution in [3.05, 3.63) is 0 Å². The van der Waals surface area contributed by atoms with E-state index in [4.69, 9.17) is 69.6 Å². The van der Waals surface area contributed by atoms with Crippen LogP contribution in [0.4, 0.5) is 0 Å². The summed E-state index contributed by atoms with van der Waals surface area (Å²) in [5.74, 6) is -4.82. The molecule has 0 bridgehead atoms. The van der Waals surface area contributed by atoms with Gasteiger partial charge in [-0.25, -0.2) is 0 Å². The van der Waals surface area contributed by atoms with E-state index in [-0.39, 0.29) is 0 Å². The van der Waals surface area contributed by atoms with Crippen LogP contribution in [0.25, 0.3) is 0 Å². The maximum atomic E-state index is 10.9. The van der Waals surface area contributed by atoms with E-state index in [9.17, 15) is 14.4 Å². The largest absolute Gasteiger partial charge is 0.285 e. The average molecular weight is 321 g/mol. The third-order valence-corrected chi connectivity index (χ3v) is 1.96. The molecule has 0 saturated carbocycles. The third-order valence-electron chi connectivity index (χ3n) is 0.927. The molecule has 0 fully saturated rings. The van der Waals surface area contributed by atoms with Crippen molar-refractivity contribution in [3.8, 4) is 0 Å². The van der Waals surface area contributed by atoms with Gasteiger partial charge in [-0.2, -0.15) is 0 Å². The molecule has 0 aliphatic carbocycles. The fourth-order valence-electron chi connectivity index (χ4n) is 0.361. The van der Waals surface area contributed by atoms with E-state index in [2.05, 4.69) is 0 Å². The second-order valence-electron chi connectivity index (χ2n) is 1.98. The lowest BCUT2D eigenvalue weighted by Gasteiger charge is -2.10. The Hall–Kier alpha value is 0.750. The van der Waals surface area contributed by atoms with E-state index in [1.54, 1.807) is 0 Å². The molecule has 80 valence electrons. The molecule has 3 nitrogen and oxygen atoms in total. The first-order chi connectivity index (χ1) is 5.98. The van der Waals surface area contributed by atoms with Crippen molar-refractivity contribution in [3.63, 3.8) is 0 Å². The Bertz CT molecular complexity index is 257. The number of ketones is 3. The molecule has 0 rings (SSSR count). The molecule has 0 amide bonds. The molecule has 0 unspecified atom stereocenters. The highest BCUT2D eigenvalue weighted by atomic mass is 35.6. The van der Waals surface area contributed by atoms with Crippen LogP contribution in [0.3, 0.4) is 0 Å². The fraction of sp³-hybridized carbons (Fsp3) is 0.400. The topological polar surface area (TPSA) is 51.2 Å². The Morgan fingerprint density at radius 1 is 0.643 bits per heavy atom. The van der Waals surface area contributed by atoms with Crippen LogP contribution >= 0.6 is 69.6 Å². The van der Waals surface area contributed by atoms with Gasteiger partial charge < -0.3 is 0 Å². The maximum Gasteiger partial charge on any atom is 0.273 e. The molecular formula is C5Cl6O3. The van der Waals surface area contributed by atoms with E-state index >= 15 is 0 Å². The van der Waals surface area contributed by atoms with E-state index in [0.717, 1.165) is 0 Å². The van der Waals surface area contributed by atoms with Gasteiger partial charge in [-0.1, -0.05) is 69.6 Å². The molecular weight excluding hydrogens is 321 g/mol. The van der Waals surface area contributed by atoms with Crippen LogP contribution in [0.15, 0.2) is 0 Å². The number of hydrogen-bond acceptors (Lipinski definition) is 3. The molecule has 0 saturated heterocycles. The zero-order valence-corrected chi connectivity index (χ0v) is 10.5. The molecule has 0 heterocycles. The molecule has 0 atom stereocenters. The van der Waals surface area contributed by atoms with Crippen molar-refractivity contribution in [2.75, 3.05) is 0 Å². The van der Waals surface area contributed by atoms with Gasteiger partial charge in [0.05, 0.1) is 0 Å². The van der Waals surface area contributed by atoms with Crippen LogP contribution in [0.2, 0.25) is 0 Å². The summed E-state index contributed by atoms with van der Waals surface area (Å²) in [6, 6.07) is 0. The van der Waals surface area contributed by atoms with Gasteiger partial charge >= 0.3 is 0 Å². The quantitative estimate of drug-likeness (QED) is 0.446. The minimum atomic E-state index is -2.54. The number of carbonyl (C=O) groups excluding carboxylic acids is 3. The van der Waals surface area contributed by atoms with Crippen molar-refractivity contribution in [2.24, 2.45) is 0 Å². The van der Waals surface area contributed by atoms with Gasteiger partial charge in [0.15, 0.2) is 0 Å². The average Bonchev–Trinajstić information content (AvgIpc) is 1.97. The number of rotatable bonds is 2. The van der Waals surface area contributed by atoms with Crippen LogP contribution in [-0.4, -0.2) is 24.9 Å². The van der Waals surface area contributed by atoms with Crippen molar-refractivity contribution in [1.29, 1.82) is 0 Å². The molecule has 0 radical (unpaired) electrons.